The lowest BCUT2D eigenvalue weighted by Crippen LogP contribution is -2.18. The molecule has 10 heteroatoms. The van der Waals surface area contributed by atoms with Crippen molar-refractivity contribution in [1.82, 2.24) is 15.4 Å². The zero-order valence-electron chi connectivity index (χ0n) is 14.5. The second-order valence-electron chi connectivity index (χ2n) is 5.58. The van der Waals surface area contributed by atoms with Crippen molar-refractivity contribution in [1.29, 1.82) is 0 Å². The molecule has 0 bridgehead atoms. The van der Waals surface area contributed by atoms with E-state index in [9.17, 15) is 9.59 Å². The van der Waals surface area contributed by atoms with E-state index < -0.39 is 0 Å². The van der Waals surface area contributed by atoms with Crippen LogP contribution in [0, 0.1) is 6.92 Å². The van der Waals surface area contributed by atoms with Crippen LogP contribution in [-0.4, -0.2) is 38.7 Å². The fourth-order valence-corrected chi connectivity index (χ4v) is 3.55. The summed E-state index contributed by atoms with van der Waals surface area (Å²) in [6, 6.07) is 11.5. The summed E-state index contributed by atoms with van der Waals surface area (Å²) in [5.41, 5.74) is 1.13. The normalized spacial score (nSPS) is 10.6. The molecule has 2 heterocycles. The second-order valence-corrected chi connectivity index (χ2v) is 7.62. The molecule has 0 fully saturated rings. The summed E-state index contributed by atoms with van der Waals surface area (Å²) in [4.78, 5) is 23.7. The van der Waals surface area contributed by atoms with Gasteiger partial charge < -0.3 is 9.84 Å². The number of rotatable bonds is 8. The van der Waals surface area contributed by atoms with Crippen molar-refractivity contribution in [2.24, 2.45) is 0 Å². The Morgan fingerprint density at radius 1 is 1.11 bits per heavy atom. The first-order valence-corrected chi connectivity index (χ1v) is 10.0. The lowest BCUT2D eigenvalue weighted by Gasteiger charge is -2.02. The van der Waals surface area contributed by atoms with E-state index in [1.54, 1.807) is 13.0 Å². The molecule has 0 saturated carbocycles. The molecular formula is C17H17N5O3S2. The minimum Gasteiger partial charge on any atom is -0.360 e. The number of hydrogen-bond donors (Lipinski definition) is 2. The lowest BCUT2D eigenvalue weighted by molar-refractivity contribution is -0.114. The number of anilines is 2. The van der Waals surface area contributed by atoms with Crippen LogP contribution in [0.4, 0.5) is 10.9 Å². The molecule has 27 heavy (non-hydrogen) atoms. The van der Waals surface area contributed by atoms with Crippen LogP contribution in [0.5, 0.6) is 0 Å². The number of benzene rings is 1. The van der Waals surface area contributed by atoms with Gasteiger partial charge in [0.15, 0.2) is 5.82 Å². The van der Waals surface area contributed by atoms with Crippen LogP contribution >= 0.6 is 23.1 Å². The number of amides is 2. The number of carbonyl (C=O) groups is 2. The van der Waals surface area contributed by atoms with Gasteiger partial charge in [0.2, 0.25) is 16.9 Å². The summed E-state index contributed by atoms with van der Waals surface area (Å²) in [7, 11) is 0. The maximum Gasteiger partial charge on any atom is 0.236 e. The van der Waals surface area contributed by atoms with Gasteiger partial charge in [-0.05, 0) is 12.5 Å². The Morgan fingerprint density at radius 2 is 1.85 bits per heavy atom. The average Bonchev–Trinajstić information content (AvgIpc) is 3.24. The second kappa shape index (κ2) is 9.28. The average molecular weight is 403 g/mol. The van der Waals surface area contributed by atoms with E-state index in [1.807, 2.05) is 30.3 Å². The summed E-state index contributed by atoms with van der Waals surface area (Å²) in [6.07, 6.45) is 0.671. The summed E-state index contributed by atoms with van der Waals surface area (Å²) < 4.78 is 4.87. The molecule has 140 valence electrons. The van der Waals surface area contributed by atoms with Crippen molar-refractivity contribution in [3.05, 3.63) is 52.7 Å². The molecule has 3 aromatic rings. The highest BCUT2D eigenvalue weighted by Crippen LogP contribution is 2.18. The largest absolute Gasteiger partial charge is 0.360 e. The first kappa shape index (κ1) is 19.1. The zero-order valence-corrected chi connectivity index (χ0v) is 16.1. The maximum atomic E-state index is 12.0. The third-order valence-corrected chi connectivity index (χ3v) is 5.04. The van der Waals surface area contributed by atoms with E-state index in [0.29, 0.717) is 23.1 Å². The van der Waals surface area contributed by atoms with Crippen molar-refractivity contribution in [3.8, 4) is 0 Å². The molecule has 0 unspecified atom stereocenters. The van der Waals surface area contributed by atoms with Gasteiger partial charge in [0, 0.05) is 12.5 Å². The van der Waals surface area contributed by atoms with Crippen LogP contribution in [0.25, 0.3) is 0 Å². The summed E-state index contributed by atoms with van der Waals surface area (Å²) >= 11 is 2.54. The van der Waals surface area contributed by atoms with Crippen LogP contribution < -0.4 is 10.6 Å². The zero-order chi connectivity index (χ0) is 19.1. The molecule has 2 N–H and O–H groups in total. The van der Waals surface area contributed by atoms with Crippen molar-refractivity contribution in [3.63, 3.8) is 0 Å². The maximum absolute atomic E-state index is 12.0. The predicted molar refractivity (Wildman–Crippen MR) is 105 cm³/mol. The van der Waals surface area contributed by atoms with Gasteiger partial charge >= 0.3 is 0 Å². The minimum absolute atomic E-state index is 0.134. The van der Waals surface area contributed by atoms with E-state index in [0.717, 1.165) is 10.6 Å². The molecule has 8 nitrogen and oxygen atoms in total. The highest BCUT2D eigenvalue weighted by molar-refractivity contribution is 8.00. The molecule has 0 radical (unpaired) electrons. The monoisotopic (exact) mass is 403 g/mol. The number of nitrogens with one attached hydrogen (secondary N) is 2. The molecule has 3 rings (SSSR count). The van der Waals surface area contributed by atoms with Gasteiger partial charge in [-0.3, -0.25) is 14.9 Å². The van der Waals surface area contributed by atoms with E-state index in [2.05, 4.69) is 26.0 Å². The molecule has 0 aliphatic carbocycles. The third-order valence-electron chi connectivity index (χ3n) is 3.27. The quantitative estimate of drug-likeness (QED) is 0.595. The van der Waals surface area contributed by atoms with Gasteiger partial charge in [-0.1, -0.05) is 46.8 Å². The third kappa shape index (κ3) is 6.19. The molecule has 0 aliphatic rings. The molecule has 2 amide bonds. The van der Waals surface area contributed by atoms with E-state index >= 15 is 0 Å². The van der Waals surface area contributed by atoms with Gasteiger partial charge in [-0.2, -0.15) is 0 Å². The number of aromatic nitrogens is 3. The topological polar surface area (TPSA) is 110 Å². The predicted octanol–water partition coefficient (Wildman–Crippen LogP) is 2.74. The SMILES string of the molecule is Cc1cc(NC(=O)CSCC(=O)Nc2nnc(Cc3ccccc3)s2)no1. The standard InChI is InChI=1S/C17H17N5O3S2/c1-11-7-13(22-25-11)18-14(23)9-26-10-15(24)19-17-21-20-16(27-17)8-12-5-3-2-4-6-12/h2-7H,8-10H2,1H3,(H,18,22,23)(H,19,21,24). The molecule has 2 aromatic heterocycles. The Labute approximate surface area is 163 Å². The Morgan fingerprint density at radius 3 is 2.56 bits per heavy atom. The van der Waals surface area contributed by atoms with E-state index in [-0.39, 0.29) is 23.3 Å². The molecular weight excluding hydrogens is 386 g/mol. The summed E-state index contributed by atoms with van der Waals surface area (Å²) in [6.45, 7) is 1.74. The first-order chi connectivity index (χ1) is 13.1. The Balaban J connectivity index is 1.38. The van der Waals surface area contributed by atoms with Crippen molar-refractivity contribution in [2.75, 3.05) is 22.1 Å². The van der Waals surface area contributed by atoms with Crippen LogP contribution in [0.15, 0.2) is 40.9 Å². The Kier molecular flexibility index (Phi) is 6.55. The Bertz CT molecular complexity index is 910. The number of aryl methyl sites for hydroxylation is 1. The number of carbonyl (C=O) groups excluding carboxylic acids is 2. The van der Waals surface area contributed by atoms with Crippen molar-refractivity contribution < 1.29 is 14.1 Å². The van der Waals surface area contributed by atoms with Gasteiger partial charge in [0.05, 0.1) is 11.5 Å². The first-order valence-electron chi connectivity index (χ1n) is 8.05. The van der Waals surface area contributed by atoms with Crippen LogP contribution in [0.1, 0.15) is 16.3 Å². The van der Waals surface area contributed by atoms with Crippen LogP contribution in [0.3, 0.4) is 0 Å². The van der Waals surface area contributed by atoms with Crippen molar-refractivity contribution >= 4 is 45.9 Å². The van der Waals surface area contributed by atoms with Gasteiger partial charge in [0.1, 0.15) is 10.8 Å². The number of hydrogen-bond acceptors (Lipinski definition) is 8. The van der Waals surface area contributed by atoms with Crippen LogP contribution in [-0.2, 0) is 16.0 Å². The molecule has 1 aromatic carbocycles. The minimum atomic E-state index is -0.248. The lowest BCUT2D eigenvalue weighted by atomic mass is 10.2. The van der Waals surface area contributed by atoms with Gasteiger partial charge in [-0.25, -0.2) is 0 Å². The van der Waals surface area contributed by atoms with Gasteiger partial charge in [-0.15, -0.1) is 22.0 Å². The molecule has 0 atom stereocenters. The summed E-state index contributed by atoms with van der Waals surface area (Å²) in [5, 5.41) is 18.3. The highest BCUT2D eigenvalue weighted by Gasteiger charge is 2.11. The fourth-order valence-electron chi connectivity index (χ4n) is 2.14. The number of thioether (sulfide) groups is 1. The molecule has 0 aliphatic heterocycles. The fraction of sp³-hybridized carbons (Fsp3) is 0.235. The highest BCUT2D eigenvalue weighted by atomic mass is 32.2. The van der Waals surface area contributed by atoms with E-state index in [1.165, 1.54) is 23.1 Å². The summed E-state index contributed by atoms with van der Waals surface area (Å²) in [5.74, 6) is 0.770. The number of nitrogens with zero attached hydrogens (tertiary/aromatic N) is 3. The van der Waals surface area contributed by atoms with Crippen LogP contribution in [0.2, 0.25) is 0 Å². The van der Waals surface area contributed by atoms with E-state index in [4.69, 9.17) is 4.52 Å². The smallest absolute Gasteiger partial charge is 0.236 e. The Hall–Kier alpha value is -2.72. The van der Waals surface area contributed by atoms with Gasteiger partial charge in [0.25, 0.3) is 0 Å². The molecule has 0 spiro atoms. The molecule has 0 saturated heterocycles. The van der Waals surface area contributed by atoms with Crippen molar-refractivity contribution in [2.45, 2.75) is 13.3 Å².